The quantitative estimate of drug-likeness (QED) is 0.625. The van der Waals surface area contributed by atoms with E-state index in [1.54, 1.807) is 0 Å². The van der Waals surface area contributed by atoms with Crippen molar-refractivity contribution in [3.8, 4) is 0 Å². The summed E-state index contributed by atoms with van der Waals surface area (Å²) in [6, 6.07) is 0. The molecule has 0 unspecified atom stereocenters. The van der Waals surface area contributed by atoms with Crippen LogP contribution in [0.3, 0.4) is 0 Å². The van der Waals surface area contributed by atoms with Gasteiger partial charge in [0, 0.05) is 30.3 Å². The van der Waals surface area contributed by atoms with Crippen LogP contribution < -0.4 is 10.6 Å². The monoisotopic (exact) mass is 298 g/mol. The van der Waals surface area contributed by atoms with Crippen molar-refractivity contribution in [2.45, 2.75) is 59.3 Å². The SMILES string of the molecule is CC(C)(C)C(=O)NCCCC(=O)NCC1(CO)CCCC1. The number of aliphatic hydroxyl groups is 1. The number of amides is 2. The van der Waals surface area contributed by atoms with Gasteiger partial charge in [-0.2, -0.15) is 0 Å². The Morgan fingerprint density at radius 3 is 2.29 bits per heavy atom. The molecule has 5 nitrogen and oxygen atoms in total. The summed E-state index contributed by atoms with van der Waals surface area (Å²) in [4.78, 5) is 23.4. The zero-order valence-corrected chi connectivity index (χ0v) is 13.6. The molecule has 0 atom stereocenters. The molecular weight excluding hydrogens is 268 g/mol. The van der Waals surface area contributed by atoms with Gasteiger partial charge in [-0.25, -0.2) is 0 Å². The lowest BCUT2D eigenvalue weighted by Crippen LogP contribution is -2.39. The van der Waals surface area contributed by atoms with E-state index in [2.05, 4.69) is 10.6 Å². The largest absolute Gasteiger partial charge is 0.396 e. The van der Waals surface area contributed by atoms with Gasteiger partial charge >= 0.3 is 0 Å². The van der Waals surface area contributed by atoms with Crippen LogP contribution in [0.4, 0.5) is 0 Å². The molecular formula is C16H30N2O3. The van der Waals surface area contributed by atoms with Crippen LogP contribution in [0.2, 0.25) is 0 Å². The number of hydrogen-bond donors (Lipinski definition) is 3. The summed E-state index contributed by atoms with van der Waals surface area (Å²) in [5.41, 5.74) is -0.492. The molecule has 1 aliphatic carbocycles. The highest BCUT2D eigenvalue weighted by Gasteiger charge is 2.33. The fourth-order valence-electron chi connectivity index (χ4n) is 2.61. The first kappa shape index (κ1) is 18.0. The maximum absolute atomic E-state index is 11.8. The first-order chi connectivity index (χ1) is 9.79. The molecule has 1 fully saturated rings. The molecule has 2 amide bonds. The van der Waals surface area contributed by atoms with E-state index in [1.807, 2.05) is 20.8 Å². The van der Waals surface area contributed by atoms with Crippen molar-refractivity contribution < 1.29 is 14.7 Å². The molecule has 0 heterocycles. The Labute approximate surface area is 127 Å². The van der Waals surface area contributed by atoms with Crippen LogP contribution in [0, 0.1) is 10.8 Å². The lowest BCUT2D eigenvalue weighted by atomic mass is 9.87. The smallest absolute Gasteiger partial charge is 0.225 e. The molecule has 1 saturated carbocycles. The van der Waals surface area contributed by atoms with E-state index in [0.29, 0.717) is 25.9 Å². The van der Waals surface area contributed by atoms with E-state index in [1.165, 1.54) is 0 Å². The number of rotatable bonds is 7. The minimum Gasteiger partial charge on any atom is -0.396 e. The molecule has 1 rings (SSSR count). The normalized spacial score (nSPS) is 17.5. The molecule has 0 aliphatic heterocycles. The zero-order chi connectivity index (χ0) is 15.9. The molecule has 0 bridgehead atoms. The molecule has 0 saturated heterocycles. The van der Waals surface area contributed by atoms with Crippen LogP contribution >= 0.6 is 0 Å². The van der Waals surface area contributed by atoms with Crippen LogP contribution in [-0.4, -0.2) is 36.6 Å². The van der Waals surface area contributed by atoms with Gasteiger partial charge in [-0.05, 0) is 19.3 Å². The lowest BCUT2D eigenvalue weighted by Gasteiger charge is -2.26. The fraction of sp³-hybridized carbons (Fsp3) is 0.875. The van der Waals surface area contributed by atoms with Crippen molar-refractivity contribution in [3.63, 3.8) is 0 Å². The predicted octanol–water partition coefficient (Wildman–Crippen LogP) is 1.60. The summed E-state index contributed by atoms with van der Waals surface area (Å²) in [7, 11) is 0. The van der Waals surface area contributed by atoms with Gasteiger partial charge in [0.1, 0.15) is 0 Å². The summed E-state index contributed by atoms with van der Waals surface area (Å²) < 4.78 is 0. The molecule has 0 aromatic heterocycles. The Kier molecular flexibility index (Phi) is 6.65. The van der Waals surface area contributed by atoms with Crippen molar-refractivity contribution >= 4 is 11.8 Å². The molecule has 21 heavy (non-hydrogen) atoms. The Hall–Kier alpha value is -1.10. The predicted molar refractivity (Wildman–Crippen MR) is 82.7 cm³/mol. The standard InChI is InChI=1S/C16H30N2O3/c1-15(2,3)14(21)17-10-6-7-13(20)18-11-16(12-19)8-4-5-9-16/h19H,4-12H2,1-3H3,(H,17,21)(H,18,20). The molecule has 3 N–H and O–H groups in total. The van der Waals surface area contributed by atoms with Crippen molar-refractivity contribution in [2.24, 2.45) is 10.8 Å². The van der Waals surface area contributed by atoms with Crippen molar-refractivity contribution in [3.05, 3.63) is 0 Å². The summed E-state index contributed by atoms with van der Waals surface area (Å²) >= 11 is 0. The summed E-state index contributed by atoms with van der Waals surface area (Å²) in [6.45, 7) is 6.83. The van der Waals surface area contributed by atoms with E-state index in [4.69, 9.17) is 0 Å². The first-order valence-corrected chi connectivity index (χ1v) is 7.95. The summed E-state index contributed by atoms with van der Waals surface area (Å²) in [6.07, 6.45) is 5.30. The van der Waals surface area contributed by atoms with Crippen LogP contribution in [0.1, 0.15) is 59.3 Å². The fourth-order valence-corrected chi connectivity index (χ4v) is 2.61. The van der Waals surface area contributed by atoms with Crippen molar-refractivity contribution in [1.82, 2.24) is 10.6 Å². The third kappa shape index (κ3) is 6.04. The van der Waals surface area contributed by atoms with Crippen LogP contribution in [0.25, 0.3) is 0 Å². The van der Waals surface area contributed by atoms with Gasteiger partial charge in [0.2, 0.25) is 11.8 Å². The van der Waals surface area contributed by atoms with Crippen LogP contribution in [0.15, 0.2) is 0 Å². The molecule has 122 valence electrons. The highest BCUT2D eigenvalue weighted by molar-refractivity contribution is 5.81. The van der Waals surface area contributed by atoms with Crippen LogP contribution in [-0.2, 0) is 9.59 Å². The second-order valence-electron chi connectivity index (χ2n) is 7.25. The third-order valence-corrected chi connectivity index (χ3v) is 4.21. The average molecular weight is 298 g/mol. The highest BCUT2D eigenvalue weighted by Crippen LogP contribution is 2.36. The van der Waals surface area contributed by atoms with Gasteiger partial charge < -0.3 is 15.7 Å². The van der Waals surface area contributed by atoms with Gasteiger partial charge in [0.25, 0.3) is 0 Å². The van der Waals surface area contributed by atoms with Gasteiger partial charge in [-0.3, -0.25) is 9.59 Å². The molecule has 1 aliphatic rings. The summed E-state index contributed by atoms with van der Waals surface area (Å²) in [5.74, 6) is 0.00725. The van der Waals surface area contributed by atoms with Crippen molar-refractivity contribution in [1.29, 1.82) is 0 Å². The Morgan fingerprint density at radius 1 is 1.14 bits per heavy atom. The number of aliphatic hydroxyl groups excluding tert-OH is 1. The maximum Gasteiger partial charge on any atom is 0.225 e. The molecule has 0 aromatic rings. The van der Waals surface area contributed by atoms with Gasteiger partial charge in [-0.15, -0.1) is 0 Å². The molecule has 0 spiro atoms. The Balaban J connectivity index is 2.16. The number of hydrogen-bond acceptors (Lipinski definition) is 3. The third-order valence-electron chi connectivity index (χ3n) is 4.21. The average Bonchev–Trinajstić information content (AvgIpc) is 2.89. The van der Waals surface area contributed by atoms with Crippen LogP contribution in [0.5, 0.6) is 0 Å². The molecule has 5 heteroatoms. The minimum atomic E-state index is -0.391. The molecule has 0 radical (unpaired) electrons. The van der Waals surface area contributed by atoms with E-state index in [0.717, 1.165) is 25.7 Å². The van der Waals surface area contributed by atoms with Gasteiger partial charge in [0.15, 0.2) is 0 Å². The second-order valence-corrected chi connectivity index (χ2v) is 7.25. The Morgan fingerprint density at radius 2 is 1.76 bits per heavy atom. The topological polar surface area (TPSA) is 78.4 Å². The van der Waals surface area contributed by atoms with Gasteiger partial charge in [-0.1, -0.05) is 33.6 Å². The number of carbonyl (C=O) groups is 2. The summed E-state index contributed by atoms with van der Waals surface area (Å²) in [5, 5.41) is 15.2. The zero-order valence-electron chi connectivity index (χ0n) is 13.6. The number of nitrogens with one attached hydrogen (secondary N) is 2. The van der Waals surface area contributed by atoms with Crippen molar-refractivity contribution in [2.75, 3.05) is 19.7 Å². The highest BCUT2D eigenvalue weighted by atomic mass is 16.3. The van der Waals surface area contributed by atoms with E-state index >= 15 is 0 Å². The minimum absolute atomic E-state index is 0.000248. The first-order valence-electron chi connectivity index (χ1n) is 7.95. The van der Waals surface area contributed by atoms with E-state index in [9.17, 15) is 14.7 Å². The number of carbonyl (C=O) groups excluding carboxylic acids is 2. The van der Waals surface area contributed by atoms with E-state index in [-0.39, 0.29) is 23.8 Å². The van der Waals surface area contributed by atoms with Gasteiger partial charge in [0.05, 0.1) is 6.61 Å². The second kappa shape index (κ2) is 7.78. The van der Waals surface area contributed by atoms with E-state index < -0.39 is 5.41 Å². The maximum atomic E-state index is 11.8. The lowest BCUT2D eigenvalue weighted by molar-refractivity contribution is -0.128. The molecule has 0 aromatic carbocycles. The Bertz CT molecular complexity index is 355.